The number of carbonyl (C=O) groups excluding carboxylic acids is 1. The number of hydrogen-bond acceptors (Lipinski definition) is 2. The SMILES string of the molecule is Cc1cc(NC(=O)CC(C)(C)C)c(C)c2c1OC(C)(C)C2c1ccc(C(C)C)cc1. The number of ether oxygens (including phenoxy) is 1. The van der Waals surface area contributed by atoms with Gasteiger partial charge in [-0.1, -0.05) is 58.9 Å². The van der Waals surface area contributed by atoms with E-state index in [-0.39, 0.29) is 22.8 Å². The van der Waals surface area contributed by atoms with Crippen molar-refractivity contribution < 1.29 is 9.53 Å². The monoisotopic (exact) mass is 407 g/mol. The smallest absolute Gasteiger partial charge is 0.224 e. The summed E-state index contributed by atoms with van der Waals surface area (Å²) < 4.78 is 6.48. The zero-order chi connectivity index (χ0) is 22.4. The highest BCUT2D eigenvalue weighted by molar-refractivity contribution is 5.92. The zero-order valence-corrected chi connectivity index (χ0v) is 20.1. The van der Waals surface area contributed by atoms with E-state index in [1.165, 1.54) is 16.7 Å². The lowest BCUT2D eigenvalue weighted by molar-refractivity contribution is -0.117. The van der Waals surface area contributed by atoms with Crippen LogP contribution in [0.2, 0.25) is 0 Å². The van der Waals surface area contributed by atoms with Crippen LogP contribution in [0, 0.1) is 19.3 Å². The lowest BCUT2D eigenvalue weighted by Gasteiger charge is -2.27. The van der Waals surface area contributed by atoms with Crippen molar-refractivity contribution in [3.8, 4) is 5.75 Å². The van der Waals surface area contributed by atoms with Crippen molar-refractivity contribution in [3.05, 3.63) is 58.1 Å². The Morgan fingerprint density at radius 3 is 2.27 bits per heavy atom. The molecular weight excluding hydrogens is 370 g/mol. The van der Waals surface area contributed by atoms with Crippen LogP contribution in [0.4, 0.5) is 5.69 Å². The molecule has 0 aliphatic carbocycles. The highest BCUT2D eigenvalue weighted by Crippen LogP contribution is 2.52. The molecule has 1 heterocycles. The summed E-state index contributed by atoms with van der Waals surface area (Å²) in [5.41, 5.74) is 6.45. The van der Waals surface area contributed by atoms with Crippen LogP contribution >= 0.6 is 0 Å². The third kappa shape index (κ3) is 4.40. The molecule has 1 atom stereocenters. The molecule has 0 spiro atoms. The Morgan fingerprint density at radius 1 is 1.13 bits per heavy atom. The molecule has 1 aliphatic heterocycles. The minimum Gasteiger partial charge on any atom is -0.486 e. The topological polar surface area (TPSA) is 38.3 Å². The first-order valence-corrected chi connectivity index (χ1v) is 11.0. The molecule has 3 heteroatoms. The molecule has 0 fully saturated rings. The molecule has 0 saturated carbocycles. The van der Waals surface area contributed by atoms with Crippen LogP contribution in [0.15, 0.2) is 30.3 Å². The number of rotatable bonds is 4. The molecule has 30 heavy (non-hydrogen) atoms. The molecule has 1 amide bonds. The Bertz CT molecular complexity index is 946. The van der Waals surface area contributed by atoms with Gasteiger partial charge in [-0.15, -0.1) is 0 Å². The summed E-state index contributed by atoms with van der Waals surface area (Å²) in [6.45, 7) is 19.2. The predicted octanol–water partition coefficient (Wildman–Crippen LogP) is 7.10. The first kappa shape index (κ1) is 22.4. The number of amides is 1. The van der Waals surface area contributed by atoms with E-state index in [9.17, 15) is 4.79 Å². The Morgan fingerprint density at radius 2 is 1.73 bits per heavy atom. The van der Waals surface area contributed by atoms with Crippen LogP contribution < -0.4 is 10.1 Å². The van der Waals surface area contributed by atoms with Gasteiger partial charge in [0.05, 0.1) is 5.92 Å². The summed E-state index contributed by atoms with van der Waals surface area (Å²) in [7, 11) is 0. The van der Waals surface area contributed by atoms with Crippen molar-refractivity contribution in [1.82, 2.24) is 0 Å². The molecule has 3 nitrogen and oxygen atoms in total. The van der Waals surface area contributed by atoms with Gasteiger partial charge in [0.1, 0.15) is 11.4 Å². The molecule has 0 bridgehead atoms. The highest BCUT2D eigenvalue weighted by atomic mass is 16.5. The number of hydrogen-bond donors (Lipinski definition) is 1. The van der Waals surface area contributed by atoms with E-state index in [0.29, 0.717) is 12.3 Å². The normalized spacial score (nSPS) is 17.6. The average molecular weight is 408 g/mol. The number of anilines is 1. The third-order valence-electron chi connectivity index (χ3n) is 6.02. The molecule has 2 aromatic rings. The summed E-state index contributed by atoms with van der Waals surface area (Å²) in [5.74, 6) is 1.64. The third-order valence-corrected chi connectivity index (χ3v) is 6.02. The van der Waals surface area contributed by atoms with Gasteiger partial charge in [0.25, 0.3) is 0 Å². The molecule has 1 unspecified atom stereocenters. The fraction of sp³-hybridized carbons (Fsp3) is 0.519. The van der Waals surface area contributed by atoms with Gasteiger partial charge in [0.2, 0.25) is 5.91 Å². The van der Waals surface area contributed by atoms with E-state index in [4.69, 9.17) is 4.74 Å². The molecule has 3 rings (SSSR count). The molecule has 0 aromatic heterocycles. The van der Waals surface area contributed by atoms with Crippen molar-refractivity contribution in [3.63, 3.8) is 0 Å². The van der Waals surface area contributed by atoms with Gasteiger partial charge in [-0.2, -0.15) is 0 Å². The minimum atomic E-state index is -0.356. The minimum absolute atomic E-state index is 0.0461. The second kappa shape index (κ2) is 7.76. The summed E-state index contributed by atoms with van der Waals surface area (Å²) in [5, 5.41) is 3.17. The molecule has 162 valence electrons. The number of fused-ring (bicyclic) bond motifs is 1. The molecule has 0 radical (unpaired) electrons. The summed E-state index contributed by atoms with van der Waals surface area (Å²) >= 11 is 0. The molecular formula is C27H37NO2. The second-order valence-corrected chi connectivity index (χ2v) is 10.9. The van der Waals surface area contributed by atoms with E-state index in [2.05, 4.69) is 98.0 Å². The van der Waals surface area contributed by atoms with E-state index < -0.39 is 0 Å². The van der Waals surface area contributed by atoms with Gasteiger partial charge in [-0.3, -0.25) is 4.79 Å². The van der Waals surface area contributed by atoms with Crippen molar-refractivity contribution in [2.75, 3.05) is 5.32 Å². The number of nitrogens with one attached hydrogen (secondary N) is 1. The van der Waals surface area contributed by atoms with Gasteiger partial charge in [-0.05, 0) is 67.3 Å². The van der Waals surface area contributed by atoms with Crippen molar-refractivity contribution in [2.45, 2.75) is 86.2 Å². The van der Waals surface area contributed by atoms with Crippen LogP contribution in [0.1, 0.15) is 94.5 Å². The van der Waals surface area contributed by atoms with Gasteiger partial charge in [0.15, 0.2) is 0 Å². The van der Waals surface area contributed by atoms with Crippen LogP contribution in [0.25, 0.3) is 0 Å². The van der Waals surface area contributed by atoms with Crippen LogP contribution in [0.3, 0.4) is 0 Å². The van der Waals surface area contributed by atoms with E-state index in [0.717, 1.165) is 22.6 Å². The number of benzene rings is 2. The molecule has 0 saturated heterocycles. The second-order valence-electron chi connectivity index (χ2n) is 10.9. The van der Waals surface area contributed by atoms with Crippen LogP contribution in [0.5, 0.6) is 5.75 Å². The predicted molar refractivity (Wildman–Crippen MR) is 126 cm³/mol. The first-order chi connectivity index (χ1) is 13.8. The standard InChI is InChI=1S/C27H37NO2/c1-16(2)19-10-12-20(13-11-19)24-23-18(4)21(28-22(29)15-26(5,6)7)14-17(3)25(23)30-27(24,8)9/h10-14,16,24H,15H2,1-9H3,(H,28,29). The number of aryl methyl sites for hydroxylation is 1. The fourth-order valence-electron chi connectivity index (χ4n) is 4.52. The number of carbonyl (C=O) groups is 1. The van der Waals surface area contributed by atoms with Gasteiger partial charge in [-0.25, -0.2) is 0 Å². The Balaban J connectivity index is 2.05. The molecule has 2 aromatic carbocycles. The largest absolute Gasteiger partial charge is 0.486 e. The summed E-state index contributed by atoms with van der Waals surface area (Å²) in [4.78, 5) is 12.6. The lowest BCUT2D eigenvalue weighted by Crippen LogP contribution is -2.31. The summed E-state index contributed by atoms with van der Waals surface area (Å²) in [6.07, 6.45) is 0.491. The van der Waals surface area contributed by atoms with Gasteiger partial charge >= 0.3 is 0 Å². The van der Waals surface area contributed by atoms with E-state index in [1.54, 1.807) is 0 Å². The molecule has 1 N–H and O–H groups in total. The van der Waals surface area contributed by atoms with Gasteiger partial charge in [0, 0.05) is 17.7 Å². The zero-order valence-electron chi connectivity index (χ0n) is 20.1. The maximum atomic E-state index is 12.6. The van der Waals surface area contributed by atoms with Crippen molar-refractivity contribution >= 4 is 11.6 Å². The van der Waals surface area contributed by atoms with Crippen molar-refractivity contribution in [1.29, 1.82) is 0 Å². The van der Waals surface area contributed by atoms with E-state index in [1.807, 2.05) is 0 Å². The summed E-state index contributed by atoms with van der Waals surface area (Å²) in [6, 6.07) is 11.0. The maximum absolute atomic E-state index is 12.6. The van der Waals surface area contributed by atoms with Crippen molar-refractivity contribution in [2.24, 2.45) is 5.41 Å². The quantitative estimate of drug-likeness (QED) is 0.587. The highest BCUT2D eigenvalue weighted by Gasteiger charge is 2.44. The Labute approximate surface area is 182 Å². The Kier molecular flexibility index (Phi) is 5.79. The van der Waals surface area contributed by atoms with Crippen LogP contribution in [-0.4, -0.2) is 11.5 Å². The Hall–Kier alpha value is -2.29. The van der Waals surface area contributed by atoms with Crippen LogP contribution in [-0.2, 0) is 4.79 Å². The van der Waals surface area contributed by atoms with Gasteiger partial charge < -0.3 is 10.1 Å². The molecule has 1 aliphatic rings. The first-order valence-electron chi connectivity index (χ1n) is 11.0. The lowest BCUT2D eigenvalue weighted by atomic mass is 9.78. The average Bonchev–Trinajstić information content (AvgIpc) is 2.89. The fourth-order valence-corrected chi connectivity index (χ4v) is 4.52. The maximum Gasteiger partial charge on any atom is 0.224 e. The van der Waals surface area contributed by atoms with E-state index >= 15 is 0 Å².